The van der Waals surface area contributed by atoms with Gasteiger partial charge in [-0.2, -0.15) is 0 Å². The number of unbranched alkanes of at least 4 members (excludes halogenated alkanes) is 1. The summed E-state index contributed by atoms with van der Waals surface area (Å²) >= 11 is 0. The molecule has 0 spiro atoms. The van der Waals surface area contributed by atoms with Gasteiger partial charge in [-0.3, -0.25) is 4.79 Å². The molecule has 1 aromatic carbocycles. The molecular weight excluding hydrogens is 222 g/mol. The summed E-state index contributed by atoms with van der Waals surface area (Å²) in [5, 5.41) is 0. The quantitative estimate of drug-likeness (QED) is 0.436. The standard InChI is InChI=1S/C14H21OP.Li/c1-5-6-9-16-14(15)13-11(3)8-7-10(2)12(13)4;/h7-8,16H,5-6,9H2,1-4H3;. The fourth-order valence-corrected chi connectivity index (χ4v) is 3.09. The van der Waals surface area contributed by atoms with Gasteiger partial charge < -0.3 is 0 Å². The maximum atomic E-state index is 12.1. The largest absolute Gasteiger partial charge is 0.289 e. The second kappa shape index (κ2) is 8.10. The maximum Gasteiger partial charge on any atom is 0.181 e. The molecule has 0 aromatic heterocycles. The third-order valence-electron chi connectivity index (χ3n) is 2.99. The molecule has 0 aliphatic rings. The molecule has 0 N–H and O–H groups in total. The minimum atomic E-state index is 0. The van der Waals surface area contributed by atoms with E-state index in [9.17, 15) is 4.79 Å². The first-order valence-corrected chi connectivity index (χ1v) is 7.13. The molecule has 1 unspecified atom stereocenters. The van der Waals surface area contributed by atoms with E-state index in [1.54, 1.807) is 0 Å². The van der Waals surface area contributed by atoms with Crippen molar-refractivity contribution >= 4 is 33.0 Å². The number of benzene rings is 1. The van der Waals surface area contributed by atoms with Gasteiger partial charge in [0.25, 0.3) is 0 Å². The van der Waals surface area contributed by atoms with Crippen LogP contribution in [0.15, 0.2) is 12.1 Å². The van der Waals surface area contributed by atoms with E-state index >= 15 is 0 Å². The number of hydrogen-bond acceptors (Lipinski definition) is 1. The van der Waals surface area contributed by atoms with Crippen molar-refractivity contribution < 1.29 is 4.79 Å². The van der Waals surface area contributed by atoms with Crippen LogP contribution in [0.5, 0.6) is 0 Å². The molecule has 1 rings (SSSR count). The predicted molar refractivity (Wildman–Crippen MR) is 78.8 cm³/mol. The Bertz CT molecular complexity index is 388. The normalized spacial score (nSPS) is 10.6. The van der Waals surface area contributed by atoms with Gasteiger partial charge in [-0.25, -0.2) is 0 Å². The SMILES string of the molecule is CCCCPC(=O)c1c(C)ccc(C)c1C.[Li]. The van der Waals surface area contributed by atoms with Crippen molar-refractivity contribution in [3.05, 3.63) is 34.4 Å². The zero-order chi connectivity index (χ0) is 12.1. The van der Waals surface area contributed by atoms with Crippen LogP contribution in [0.2, 0.25) is 0 Å². The molecule has 1 aromatic rings. The zero-order valence-electron chi connectivity index (χ0n) is 11.7. The van der Waals surface area contributed by atoms with Crippen molar-refractivity contribution in [1.29, 1.82) is 0 Å². The van der Waals surface area contributed by atoms with Gasteiger partial charge in [0.05, 0.1) is 0 Å². The monoisotopic (exact) mass is 243 g/mol. The van der Waals surface area contributed by atoms with Gasteiger partial charge in [0.1, 0.15) is 0 Å². The van der Waals surface area contributed by atoms with Crippen molar-refractivity contribution in [2.45, 2.75) is 40.5 Å². The summed E-state index contributed by atoms with van der Waals surface area (Å²) in [6.45, 7) is 8.32. The van der Waals surface area contributed by atoms with E-state index < -0.39 is 0 Å². The summed E-state index contributed by atoms with van der Waals surface area (Å²) in [6.07, 6.45) is 3.38. The molecule has 0 saturated heterocycles. The maximum absolute atomic E-state index is 12.1. The molecular formula is C14H21LiOP. The van der Waals surface area contributed by atoms with E-state index in [1.807, 2.05) is 6.92 Å². The molecule has 89 valence electrons. The van der Waals surface area contributed by atoms with E-state index in [4.69, 9.17) is 0 Å². The van der Waals surface area contributed by atoms with Gasteiger partial charge in [0, 0.05) is 24.4 Å². The summed E-state index contributed by atoms with van der Waals surface area (Å²) in [5.41, 5.74) is 4.81. The van der Waals surface area contributed by atoms with Crippen molar-refractivity contribution in [1.82, 2.24) is 0 Å². The van der Waals surface area contributed by atoms with E-state index in [1.165, 1.54) is 12.0 Å². The average Bonchev–Trinajstić information content (AvgIpc) is 2.24. The molecule has 17 heavy (non-hydrogen) atoms. The Morgan fingerprint density at radius 3 is 2.35 bits per heavy atom. The van der Waals surface area contributed by atoms with Gasteiger partial charge in [-0.05, 0) is 58.6 Å². The number of hydrogen-bond donors (Lipinski definition) is 0. The van der Waals surface area contributed by atoms with Gasteiger partial charge >= 0.3 is 0 Å². The van der Waals surface area contributed by atoms with E-state index in [2.05, 4.69) is 32.9 Å². The molecule has 0 heterocycles. The molecule has 0 saturated carbocycles. The van der Waals surface area contributed by atoms with E-state index in [0.717, 1.165) is 29.3 Å². The summed E-state index contributed by atoms with van der Waals surface area (Å²) in [6, 6.07) is 4.15. The first-order valence-electron chi connectivity index (χ1n) is 5.93. The van der Waals surface area contributed by atoms with Crippen LogP contribution in [0, 0.1) is 20.8 Å². The topological polar surface area (TPSA) is 17.1 Å². The molecule has 0 fully saturated rings. The summed E-state index contributed by atoms with van der Waals surface area (Å²) in [5.74, 6) is 0. The fraction of sp³-hybridized carbons (Fsp3) is 0.500. The molecule has 3 heteroatoms. The Morgan fingerprint density at radius 2 is 1.76 bits per heavy atom. The van der Waals surface area contributed by atoms with Crippen molar-refractivity contribution in [2.75, 3.05) is 6.16 Å². The van der Waals surface area contributed by atoms with Crippen LogP contribution in [0.4, 0.5) is 0 Å². The number of rotatable bonds is 5. The number of aryl methyl sites for hydroxylation is 2. The summed E-state index contributed by atoms with van der Waals surface area (Å²) in [4.78, 5) is 12.1. The Balaban J connectivity index is 0.00000256. The van der Waals surface area contributed by atoms with E-state index in [-0.39, 0.29) is 18.9 Å². The molecule has 0 bridgehead atoms. The smallest absolute Gasteiger partial charge is 0.181 e. The van der Waals surface area contributed by atoms with Crippen LogP contribution < -0.4 is 0 Å². The Kier molecular flexibility index (Phi) is 8.06. The molecule has 1 atom stereocenters. The van der Waals surface area contributed by atoms with Crippen molar-refractivity contribution in [3.8, 4) is 0 Å². The van der Waals surface area contributed by atoms with Gasteiger partial charge in [0.2, 0.25) is 0 Å². The van der Waals surface area contributed by atoms with Crippen LogP contribution >= 0.6 is 8.58 Å². The van der Waals surface area contributed by atoms with Crippen LogP contribution in [0.3, 0.4) is 0 Å². The molecule has 1 radical (unpaired) electrons. The average molecular weight is 243 g/mol. The van der Waals surface area contributed by atoms with Crippen LogP contribution in [-0.2, 0) is 0 Å². The van der Waals surface area contributed by atoms with Crippen molar-refractivity contribution in [2.24, 2.45) is 0 Å². The minimum absolute atomic E-state index is 0. The minimum Gasteiger partial charge on any atom is -0.289 e. The van der Waals surface area contributed by atoms with Crippen molar-refractivity contribution in [3.63, 3.8) is 0 Å². The summed E-state index contributed by atoms with van der Waals surface area (Å²) in [7, 11) is 0.440. The molecule has 0 amide bonds. The molecule has 0 aliphatic heterocycles. The second-order valence-electron chi connectivity index (χ2n) is 4.31. The van der Waals surface area contributed by atoms with Gasteiger partial charge in [-0.1, -0.05) is 25.5 Å². The molecule has 0 aliphatic carbocycles. The predicted octanol–water partition coefficient (Wildman–Crippen LogP) is 3.85. The van der Waals surface area contributed by atoms with Crippen LogP contribution in [0.1, 0.15) is 46.8 Å². The summed E-state index contributed by atoms with van der Waals surface area (Å²) < 4.78 is 0. The van der Waals surface area contributed by atoms with Gasteiger partial charge in [-0.15, -0.1) is 0 Å². The fourth-order valence-electron chi connectivity index (χ4n) is 1.77. The number of carbonyl (C=O) groups is 1. The first kappa shape index (κ1) is 16.9. The Hall–Kier alpha value is -0.0826. The Morgan fingerprint density at radius 1 is 1.18 bits per heavy atom. The van der Waals surface area contributed by atoms with Gasteiger partial charge in [0.15, 0.2) is 5.52 Å². The zero-order valence-corrected chi connectivity index (χ0v) is 12.7. The third kappa shape index (κ3) is 4.59. The number of carbonyl (C=O) groups excluding carboxylic acids is 1. The molecule has 1 nitrogen and oxygen atoms in total. The van der Waals surface area contributed by atoms with Crippen LogP contribution in [-0.4, -0.2) is 30.5 Å². The Labute approximate surface area is 119 Å². The second-order valence-corrected chi connectivity index (χ2v) is 5.62. The third-order valence-corrected chi connectivity index (χ3v) is 4.16. The van der Waals surface area contributed by atoms with E-state index in [0.29, 0.717) is 14.1 Å². The van der Waals surface area contributed by atoms with Crippen LogP contribution in [0.25, 0.3) is 0 Å². The first-order chi connectivity index (χ1) is 7.57.